The second-order valence-electron chi connectivity index (χ2n) is 3.99. The Labute approximate surface area is 118 Å². The molecular formula is C14H18N2O2S. The molecule has 0 aromatic heterocycles. The van der Waals surface area contributed by atoms with Crippen molar-refractivity contribution in [2.24, 2.45) is 0 Å². The number of carbonyl (C=O) groups is 1. The smallest absolute Gasteiger partial charge is 0.319 e. The van der Waals surface area contributed by atoms with Crippen molar-refractivity contribution in [2.75, 3.05) is 23.9 Å². The molecule has 0 saturated carbocycles. The zero-order valence-corrected chi connectivity index (χ0v) is 11.7. The van der Waals surface area contributed by atoms with Crippen molar-refractivity contribution in [1.82, 2.24) is 5.32 Å². The molecule has 0 heterocycles. The third kappa shape index (κ3) is 5.69. The molecule has 0 saturated heterocycles. The molecule has 102 valence electrons. The van der Waals surface area contributed by atoms with Crippen LogP contribution in [0.25, 0.3) is 0 Å². The van der Waals surface area contributed by atoms with Crippen molar-refractivity contribution in [3.05, 3.63) is 29.8 Å². The number of urea groups is 1. The highest BCUT2D eigenvalue weighted by atomic mass is 32.2. The summed E-state index contributed by atoms with van der Waals surface area (Å²) in [5.74, 6) is 3.28. The number of aliphatic hydroxyl groups is 1. The number of benzene rings is 1. The second-order valence-corrected chi connectivity index (χ2v) is 4.90. The van der Waals surface area contributed by atoms with Gasteiger partial charge in [-0.1, -0.05) is 12.0 Å². The zero-order chi connectivity index (χ0) is 14.1. The van der Waals surface area contributed by atoms with Crippen LogP contribution in [-0.4, -0.2) is 35.8 Å². The van der Waals surface area contributed by atoms with Gasteiger partial charge >= 0.3 is 6.03 Å². The number of hydrogen-bond acceptors (Lipinski definition) is 3. The highest BCUT2D eigenvalue weighted by Gasteiger charge is 2.11. The normalized spacial score (nSPS) is 11.4. The number of anilines is 1. The van der Waals surface area contributed by atoms with E-state index in [-0.39, 0.29) is 18.7 Å². The molecule has 0 fully saturated rings. The SMILES string of the molecule is C#Cc1cccc(NC(=O)N[C@H](CCO)CSC)c1. The first-order valence-electron chi connectivity index (χ1n) is 5.93. The number of aliphatic hydroxyl groups excluding tert-OH is 1. The summed E-state index contributed by atoms with van der Waals surface area (Å²) in [5, 5.41) is 14.5. The van der Waals surface area contributed by atoms with Gasteiger partial charge in [0.05, 0.1) is 0 Å². The van der Waals surface area contributed by atoms with Gasteiger partial charge in [-0.05, 0) is 30.9 Å². The molecule has 0 spiro atoms. The van der Waals surface area contributed by atoms with Crippen LogP contribution in [0.3, 0.4) is 0 Å². The van der Waals surface area contributed by atoms with Crippen LogP contribution in [0.15, 0.2) is 24.3 Å². The molecule has 4 nitrogen and oxygen atoms in total. The lowest BCUT2D eigenvalue weighted by Crippen LogP contribution is -2.40. The molecular weight excluding hydrogens is 260 g/mol. The van der Waals surface area contributed by atoms with Gasteiger partial charge in [0.2, 0.25) is 0 Å². The van der Waals surface area contributed by atoms with E-state index in [1.54, 1.807) is 36.0 Å². The number of nitrogens with one attached hydrogen (secondary N) is 2. The van der Waals surface area contributed by atoms with Crippen molar-refractivity contribution in [3.8, 4) is 12.3 Å². The Hall–Kier alpha value is -1.64. The lowest BCUT2D eigenvalue weighted by molar-refractivity contribution is 0.241. The summed E-state index contributed by atoms with van der Waals surface area (Å²) in [6.07, 6.45) is 7.80. The molecule has 2 amide bonds. The zero-order valence-electron chi connectivity index (χ0n) is 10.8. The third-order valence-corrected chi connectivity index (χ3v) is 3.20. The molecule has 19 heavy (non-hydrogen) atoms. The number of terminal acetylenes is 1. The van der Waals surface area contributed by atoms with E-state index >= 15 is 0 Å². The van der Waals surface area contributed by atoms with Gasteiger partial charge in [0.1, 0.15) is 0 Å². The van der Waals surface area contributed by atoms with E-state index in [1.807, 2.05) is 6.26 Å². The van der Waals surface area contributed by atoms with Gasteiger partial charge in [-0.3, -0.25) is 0 Å². The molecule has 0 bridgehead atoms. The average molecular weight is 278 g/mol. The van der Waals surface area contributed by atoms with Crippen LogP contribution >= 0.6 is 11.8 Å². The van der Waals surface area contributed by atoms with Gasteiger partial charge in [-0.15, -0.1) is 6.42 Å². The average Bonchev–Trinajstić information content (AvgIpc) is 2.39. The maximum absolute atomic E-state index is 11.8. The van der Waals surface area contributed by atoms with E-state index in [2.05, 4.69) is 16.6 Å². The summed E-state index contributed by atoms with van der Waals surface area (Å²) in [6.45, 7) is 0.0537. The van der Waals surface area contributed by atoms with Crippen LogP contribution in [0.4, 0.5) is 10.5 Å². The van der Waals surface area contributed by atoms with Crippen LogP contribution in [-0.2, 0) is 0 Å². The highest BCUT2D eigenvalue weighted by Crippen LogP contribution is 2.10. The molecule has 1 atom stereocenters. The molecule has 1 aromatic rings. The molecule has 0 radical (unpaired) electrons. The van der Waals surface area contributed by atoms with Crippen LogP contribution in [0.5, 0.6) is 0 Å². The van der Waals surface area contributed by atoms with Gasteiger partial charge in [0.25, 0.3) is 0 Å². The number of thioether (sulfide) groups is 1. The molecule has 0 unspecified atom stereocenters. The highest BCUT2D eigenvalue weighted by molar-refractivity contribution is 7.98. The minimum absolute atomic E-state index is 0.0455. The van der Waals surface area contributed by atoms with Crippen LogP contribution < -0.4 is 10.6 Å². The van der Waals surface area contributed by atoms with E-state index in [9.17, 15) is 4.79 Å². The molecule has 0 aliphatic carbocycles. The van der Waals surface area contributed by atoms with Crippen molar-refractivity contribution < 1.29 is 9.90 Å². The second kappa shape index (κ2) is 8.46. The number of carbonyl (C=O) groups excluding carboxylic acids is 1. The maximum atomic E-state index is 11.8. The molecule has 3 N–H and O–H groups in total. The van der Waals surface area contributed by atoms with Gasteiger partial charge in [-0.25, -0.2) is 4.79 Å². The fraction of sp³-hybridized carbons (Fsp3) is 0.357. The van der Waals surface area contributed by atoms with Gasteiger partial charge in [-0.2, -0.15) is 11.8 Å². The van der Waals surface area contributed by atoms with Crippen molar-refractivity contribution >= 4 is 23.5 Å². The molecule has 1 rings (SSSR count). The van der Waals surface area contributed by atoms with E-state index in [1.165, 1.54) is 0 Å². The van der Waals surface area contributed by atoms with Crippen molar-refractivity contribution in [3.63, 3.8) is 0 Å². The number of rotatable bonds is 6. The number of hydrogen-bond donors (Lipinski definition) is 3. The fourth-order valence-corrected chi connectivity index (χ4v) is 2.25. The predicted octanol–water partition coefficient (Wildman–Crippen LogP) is 1.90. The van der Waals surface area contributed by atoms with E-state index in [4.69, 9.17) is 11.5 Å². The Kier molecular flexibility index (Phi) is 6.86. The maximum Gasteiger partial charge on any atom is 0.319 e. The minimum atomic E-state index is -0.290. The summed E-state index contributed by atoms with van der Waals surface area (Å²) < 4.78 is 0. The molecule has 1 aromatic carbocycles. The summed E-state index contributed by atoms with van der Waals surface area (Å²) >= 11 is 1.62. The Bertz CT molecular complexity index is 451. The van der Waals surface area contributed by atoms with Crippen molar-refractivity contribution in [2.45, 2.75) is 12.5 Å². The van der Waals surface area contributed by atoms with Crippen LogP contribution in [0, 0.1) is 12.3 Å². The molecule has 5 heteroatoms. The monoisotopic (exact) mass is 278 g/mol. The summed E-state index contributed by atoms with van der Waals surface area (Å²) in [6, 6.07) is 6.76. The number of amides is 2. The minimum Gasteiger partial charge on any atom is -0.396 e. The lowest BCUT2D eigenvalue weighted by Gasteiger charge is -2.17. The van der Waals surface area contributed by atoms with E-state index in [0.717, 1.165) is 5.75 Å². The summed E-state index contributed by atoms with van der Waals surface area (Å²) in [4.78, 5) is 11.8. The quantitative estimate of drug-likeness (QED) is 0.697. The van der Waals surface area contributed by atoms with Gasteiger partial charge in [0.15, 0.2) is 0 Å². The first-order valence-corrected chi connectivity index (χ1v) is 7.33. The fourth-order valence-electron chi connectivity index (χ4n) is 1.59. The van der Waals surface area contributed by atoms with Crippen LogP contribution in [0.2, 0.25) is 0 Å². The first-order chi connectivity index (χ1) is 9.19. The lowest BCUT2D eigenvalue weighted by atomic mass is 10.2. The Morgan fingerprint density at radius 2 is 2.37 bits per heavy atom. The Morgan fingerprint density at radius 1 is 1.58 bits per heavy atom. The topological polar surface area (TPSA) is 61.4 Å². The largest absolute Gasteiger partial charge is 0.396 e. The van der Waals surface area contributed by atoms with Crippen molar-refractivity contribution in [1.29, 1.82) is 0 Å². The molecule has 0 aliphatic rings. The standard InChI is InChI=1S/C14H18N2O2S/c1-3-11-5-4-6-12(9-11)15-14(18)16-13(7-8-17)10-19-2/h1,4-6,9,13,17H,7-8,10H2,2H3,(H2,15,16,18)/t13-/m1/s1. The molecule has 0 aliphatic heterocycles. The Morgan fingerprint density at radius 3 is 3.00 bits per heavy atom. The Balaban J connectivity index is 2.56. The summed E-state index contributed by atoms with van der Waals surface area (Å²) in [5.41, 5.74) is 1.37. The van der Waals surface area contributed by atoms with E-state index in [0.29, 0.717) is 17.7 Å². The predicted molar refractivity (Wildman–Crippen MR) is 80.4 cm³/mol. The first kappa shape index (κ1) is 15.4. The summed E-state index contributed by atoms with van der Waals surface area (Å²) in [7, 11) is 0. The third-order valence-electron chi connectivity index (χ3n) is 2.47. The van der Waals surface area contributed by atoms with Gasteiger partial charge in [0, 0.05) is 29.7 Å². The van der Waals surface area contributed by atoms with Crippen LogP contribution in [0.1, 0.15) is 12.0 Å². The van der Waals surface area contributed by atoms with E-state index < -0.39 is 0 Å². The van der Waals surface area contributed by atoms with Gasteiger partial charge < -0.3 is 15.7 Å².